The number of benzene rings is 1. The van der Waals surface area contributed by atoms with Crippen molar-refractivity contribution in [2.45, 2.75) is 36.2 Å². The second-order valence-corrected chi connectivity index (χ2v) is 8.96. The van der Waals surface area contributed by atoms with Crippen LogP contribution in [0.3, 0.4) is 0 Å². The minimum Gasteiger partial charge on any atom is -0.454 e. The third-order valence-corrected chi connectivity index (χ3v) is 6.14. The van der Waals surface area contributed by atoms with Gasteiger partial charge in [-0.25, -0.2) is 13.2 Å². The molecule has 0 spiro atoms. The van der Waals surface area contributed by atoms with Gasteiger partial charge in [0.2, 0.25) is 0 Å². The highest BCUT2D eigenvalue weighted by Crippen LogP contribution is 2.23. The molecule has 10 heteroatoms. The highest BCUT2D eigenvalue weighted by molar-refractivity contribution is 7.98. The SMILES string of the molecule is CSCC[C@@H](N=C1NS(=O)(=O)c2ccccc21)C(=O)OCC(=O)NC1CC1. The molecule has 2 N–H and O–H groups in total. The summed E-state index contributed by atoms with van der Waals surface area (Å²) in [5.74, 6) is -0.227. The van der Waals surface area contributed by atoms with E-state index in [0.717, 1.165) is 12.8 Å². The lowest BCUT2D eigenvalue weighted by Crippen LogP contribution is -2.33. The lowest BCUT2D eigenvalue weighted by Gasteiger charge is -2.13. The van der Waals surface area contributed by atoms with Gasteiger partial charge in [0.05, 0.1) is 4.90 Å². The van der Waals surface area contributed by atoms with Gasteiger partial charge in [0.1, 0.15) is 5.84 Å². The molecule has 146 valence electrons. The molecule has 27 heavy (non-hydrogen) atoms. The van der Waals surface area contributed by atoms with E-state index in [-0.39, 0.29) is 29.3 Å². The van der Waals surface area contributed by atoms with Gasteiger partial charge in [0.15, 0.2) is 12.6 Å². The Bertz CT molecular complexity index is 865. The molecule has 0 saturated heterocycles. The van der Waals surface area contributed by atoms with Crippen LogP contribution in [0.4, 0.5) is 0 Å². The molecule has 8 nitrogen and oxygen atoms in total. The quantitative estimate of drug-likeness (QED) is 0.608. The molecule has 1 heterocycles. The maximum Gasteiger partial charge on any atom is 0.331 e. The van der Waals surface area contributed by atoms with Crippen molar-refractivity contribution in [2.75, 3.05) is 18.6 Å². The summed E-state index contributed by atoms with van der Waals surface area (Å²) in [7, 11) is -3.68. The van der Waals surface area contributed by atoms with Crippen molar-refractivity contribution in [1.29, 1.82) is 0 Å². The van der Waals surface area contributed by atoms with Gasteiger partial charge >= 0.3 is 5.97 Å². The average Bonchev–Trinajstić information content (AvgIpc) is 3.41. The van der Waals surface area contributed by atoms with Gasteiger partial charge in [-0.15, -0.1) is 0 Å². The monoisotopic (exact) mass is 411 g/mol. The largest absolute Gasteiger partial charge is 0.454 e. The van der Waals surface area contributed by atoms with Crippen molar-refractivity contribution in [3.05, 3.63) is 29.8 Å². The van der Waals surface area contributed by atoms with Gasteiger partial charge < -0.3 is 10.1 Å². The van der Waals surface area contributed by atoms with Gasteiger partial charge in [-0.05, 0) is 43.4 Å². The van der Waals surface area contributed by atoms with Crippen molar-refractivity contribution < 1.29 is 22.7 Å². The van der Waals surface area contributed by atoms with Crippen LogP contribution >= 0.6 is 11.8 Å². The summed E-state index contributed by atoms with van der Waals surface area (Å²) in [6.07, 6.45) is 4.16. The van der Waals surface area contributed by atoms with Crippen molar-refractivity contribution in [3.63, 3.8) is 0 Å². The molecule has 1 atom stereocenters. The number of hydrogen-bond acceptors (Lipinski definition) is 7. The number of carbonyl (C=O) groups is 2. The zero-order chi connectivity index (χ0) is 19.4. The van der Waals surface area contributed by atoms with E-state index in [1.807, 2.05) is 6.26 Å². The maximum atomic E-state index is 12.4. The number of sulfonamides is 1. The molecule has 1 fully saturated rings. The molecule has 1 aliphatic heterocycles. The van der Waals surface area contributed by atoms with E-state index < -0.39 is 22.0 Å². The van der Waals surface area contributed by atoms with E-state index in [2.05, 4.69) is 15.0 Å². The Morgan fingerprint density at radius 2 is 2.11 bits per heavy atom. The molecule has 0 aromatic heterocycles. The molecule has 1 aromatic rings. The minimum atomic E-state index is -3.68. The van der Waals surface area contributed by atoms with Crippen LogP contribution in [0.25, 0.3) is 0 Å². The summed E-state index contributed by atoms with van der Waals surface area (Å²) in [4.78, 5) is 28.6. The number of amidine groups is 1. The molecule has 1 saturated carbocycles. The fourth-order valence-electron chi connectivity index (χ4n) is 2.58. The number of fused-ring (bicyclic) bond motifs is 1. The number of thioether (sulfide) groups is 1. The summed E-state index contributed by atoms with van der Waals surface area (Å²) in [5, 5.41) is 2.74. The lowest BCUT2D eigenvalue weighted by atomic mass is 10.2. The van der Waals surface area contributed by atoms with Crippen molar-refractivity contribution in [1.82, 2.24) is 10.0 Å². The molecule has 1 aromatic carbocycles. The van der Waals surface area contributed by atoms with Crippen LogP contribution < -0.4 is 10.0 Å². The first-order valence-corrected chi connectivity index (χ1v) is 11.4. The Morgan fingerprint density at radius 1 is 1.37 bits per heavy atom. The summed E-state index contributed by atoms with van der Waals surface area (Å²) in [6.45, 7) is -0.363. The van der Waals surface area contributed by atoms with Crippen molar-refractivity contribution >= 4 is 39.5 Å². The molecule has 0 unspecified atom stereocenters. The molecule has 1 amide bonds. The van der Waals surface area contributed by atoms with Crippen LogP contribution in [0.2, 0.25) is 0 Å². The lowest BCUT2D eigenvalue weighted by molar-refractivity contribution is -0.149. The predicted molar refractivity (Wildman–Crippen MR) is 102 cm³/mol. The van der Waals surface area contributed by atoms with Gasteiger partial charge in [0, 0.05) is 11.6 Å². The number of nitrogens with one attached hydrogen (secondary N) is 2. The standard InChI is InChI=1S/C17H21N3O5S2/c1-26-9-8-13(17(22)25-10-15(21)18-11-6-7-11)19-16-12-4-2-3-5-14(12)27(23,24)20-16/h2-5,11,13H,6-10H2,1H3,(H,18,21)(H,19,20)/t13-/m1/s1. The third kappa shape index (κ3) is 5.01. The number of esters is 1. The van der Waals surface area contributed by atoms with Gasteiger partial charge in [-0.2, -0.15) is 11.8 Å². The topological polar surface area (TPSA) is 114 Å². The summed E-state index contributed by atoms with van der Waals surface area (Å²) in [6, 6.07) is 5.74. The summed E-state index contributed by atoms with van der Waals surface area (Å²) >= 11 is 1.54. The zero-order valence-corrected chi connectivity index (χ0v) is 16.4. The molecule has 3 rings (SSSR count). The van der Waals surface area contributed by atoms with Crippen molar-refractivity contribution in [3.8, 4) is 0 Å². The number of nitrogens with zero attached hydrogens (tertiary/aromatic N) is 1. The highest BCUT2D eigenvalue weighted by Gasteiger charge is 2.32. The Balaban J connectivity index is 1.73. The van der Waals surface area contributed by atoms with Crippen LogP contribution in [0.1, 0.15) is 24.8 Å². The Morgan fingerprint density at radius 3 is 2.81 bits per heavy atom. The fraction of sp³-hybridized carbons (Fsp3) is 0.471. The second kappa shape index (κ2) is 8.30. The molecule has 1 aliphatic carbocycles. The van der Waals surface area contributed by atoms with E-state index >= 15 is 0 Å². The molecule has 0 bridgehead atoms. The van der Waals surface area contributed by atoms with Crippen molar-refractivity contribution in [2.24, 2.45) is 4.99 Å². The zero-order valence-electron chi connectivity index (χ0n) is 14.8. The first-order valence-electron chi connectivity index (χ1n) is 8.55. The Labute approximate surface area is 162 Å². The summed E-state index contributed by atoms with van der Waals surface area (Å²) < 4.78 is 31.9. The van der Waals surface area contributed by atoms with Crippen LogP contribution in [0, 0.1) is 0 Å². The second-order valence-electron chi connectivity index (χ2n) is 6.33. The minimum absolute atomic E-state index is 0.121. The van der Waals surface area contributed by atoms with Gasteiger partial charge in [-0.1, -0.05) is 12.1 Å². The highest BCUT2D eigenvalue weighted by atomic mass is 32.2. The predicted octanol–water partition coefficient (Wildman–Crippen LogP) is 0.669. The van der Waals surface area contributed by atoms with Gasteiger partial charge in [0.25, 0.3) is 15.9 Å². The Hall–Kier alpha value is -2.07. The molecule has 2 aliphatic rings. The first kappa shape index (κ1) is 19.7. The smallest absolute Gasteiger partial charge is 0.331 e. The van der Waals surface area contributed by atoms with Gasteiger partial charge in [-0.3, -0.25) is 14.5 Å². The normalized spacial score (nSPS) is 19.8. The van der Waals surface area contributed by atoms with Crippen LogP contribution in [-0.4, -0.2) is 56.8 Å². The van der Waals surface area contributed by atoms with E-state index in [1.54, 1.807) is 18.2 Å². The molecular weight excluding hydrogens is 390 g/mol. The van der Waals surface area contributed by atoms with Crippen LogP contribution in [0.5, 0.6) is 0 Å². The summed E-state index contributed by atoms with van der Waals surface area (Å²) in [5.41, 5.74) is 0.422. The average molecular weight is 412 g/mol. The fourth-order valence-corrected chi connectivity index (χ4v) is 4.28. The van der Waals surface area contributed by atoms with E-state index in [9.17, 15) is 18.0 Å². The van der Waals surface area contributed by atoms with Crippen LogP contribution in [-0.2, 0) is 24.3 Å². The van der Waals surface area contributed by atoms with E-state index in [1.165, 1.54) is 17.8 Å². The number of ether oxygens (including phenoxy) is 1. The number of hydrogen-bond donors (Lipinski definition) is 2. The Kier molecular flexibility index (Phi) is 6.05. The molecule has 0 radical (unpaired) electrons. The first-order chi connectivity index (χ1) is 12.9. The number of amides is 1. The maximum absolute atomic E-state index is 12.4. The molecular formula is C17H21N3O5S2. The van der Waals surface area contributed by atoms with Crippen LogP contribution in [0.15, 0.2) is 34.2 Å². The third-order valence-electron chi connectivity index (χ3n) is 4.10. The van der Waals surface area contributed by atoms with E-state index in [0.29, 0.717) is 17.7 Å². The number of aliphatic imine (C=N–C) groups is 1. The van der Waals surface area contributed by atoms with E-state index in [4.69, 9.17) is 4.74 Å². The number of carbonyl (C=O) groups excluding carboxylic acids is 2. The number of rotatable bonds is 8.